The van der Waals surface area contributed by atoms with Crippen molar-refractivity contribution in [2.45, 2.75) is 56.9 Å². The van der Waals surface area contributed by atoms with E-state index in [0.29, 0.717) is 0 Å². The Balaban J connectivity index is 1.93. The topological polar surface area (TPSA) is 49.2 Å². The van der Waals surface area contributed by atoms with Gasteiger partial charge in [-0.1, -0.05) is 19.8 Å². The molecule has 0 spiro atoms. The zero-order valence-electron chi connectivity index (χ0n) is 14.6. The lowest BCUT2D eigenvalue weighted by Crippen LogP contribution is -2.38. The quantitative estimate of drug-likeness (QED) is 0.577. The highest BCUT2D eigenvalue weighted by atomic mass is 32.2. The third-order valence-electron chi connectivity index (χ3n) is 4.87. The predicted octanol–water partition coefficient (Wildman–Crippen LogP) is 3.95. The predicted molar refractivity (Wildman–Crippen MR) is 98.9 cm³/mol. The summed E-state index contributed by atoms with van der Waals surface area (Å²) in [5, 5.41) is 10.7. The second-order valence-corrected chi connectivity index (χ2v) is 7.63. The summed E-state index contributed by atoms with van der Waals surface area (Å²) < 4.78 is 5.51. The van der Waals surface area contributed by atoms with Crippen LogP contribution in [0.2, 0.25) is 0 Å². The van der Waals surface area contributed by atoms with Gasteiger partial charge in [0.2, 0.25) is 0 Å². The maximum Gasteiger partial charge on any atom is 0.133 e. The lowest BCUT2D eigenvalue weighted by molar-refractivity contribution is 0.122. The Morgan fingerprint density at radius 2 is 1.92 bits per heavy atom. The van der Waals surface area contributed by atoms with Crippen molar-refractivity contribution >= 4 is 17.6 Å². The van der Waals surface area contributed by atoms with Gasteiger partial charge in [0.05, 0.1) is 18.8 Å². The maximum atomic E-state index is 9.74. The van der Waals surface area contributed by atoms with Gasteiger partial charge in [-0.25, -0.2) is 4.98 Å². The zero-order chi connectivity index (χ0) is 16.8. The number of hydrogen-bond acceptors (Lipinski definition) is 5. The normalized spacial score (nSPS) is 17.4. The molecule has 4 nitrogen and oxygen atoms in total. The molecule has 1 saturated heterocycles. The van der Waals surface area contributed by atoms with E-state index in [4.69, 9.17) is 9.72 Å². The summed E-state index contributed by atoms with van der Waals surface area (Å²) in [6.45, 7) is 5.58. The molecule has 1 aromatic heterocycles. The molecule has 1 aromatic rings. The zero-order valence-corrected chi connectivity index (χ0v) is 15.5. The second kappa shape index (κ2) is 8.73. The number of pyridine rings is 1. The molecule has 3 rings (SSSR count). The molecule has 0 radical (unpaired) electrons. The smallest absolute Gasteiger partial charge is 0.133 e. The minimum atomic E-state index is 0.773. The number of hydrogen-bond donors (Lipinski definition) is 0. The van der Waals surface area contributed by atoms with E-state index in [1.165, 1.54) is 43.2 Å². The van der Waals surface area contributed by atoms with Gasteiger partial charge in [-0.3, -0.25) is 0 Å². The van der Waals surface area contributed by atoms with Gasteiger partial charge in [-0.05, 0) is 49.0 Å². The number of thioether (sulfide) groups is 1. The van der Waals surface area contributed by atoms with Gasteiger partial charge in [0, 0.05) is 13.1 Å². The maximum absolute atomic E-state index is 9.74. The summed E-state index contributed by atoms with van der Waals surface area (Å²) in [6, 6.07) is 2.47. The van der Waals surface area contributed by atoms with Crippen LogP contribution in [0.25, 0.3) is 0 Å². The average Bonchev–Trinajstić information content (AvgIpc) is 2.65. The van der Waals surface area contributed by atoms with Crippen molar-refractivity contribution in [2.24, 2.45) is 0 Å². The molecule has 0 amide bonds. The molecular weight excluding hydrogens is 318 g/mol. The number of fused-ring (bicyclic) bond motifs is 1. The van der Waals surface area contributed by atoms with Gasteiger partial charge >= 0.3 is 0 Å². The van der Waals surface area contributed by atoms with E-state index in [1.54, 1.807) is 11.8 Å². The summed E-state index contributed by atoms with van der Waals surface area (Å²) in [7, 11) is 0. The Kier molecular flexibility index (Phi) is 6.39. The first kappa shape index (κ1) is 17.6. The standard InChI is InChI=1S/C19H27N3OS/c1-2-3-6-13-24-19-17(14-20)15-7-4-5-8-16(15)18(21-19)22-9-11-23-12-10-22/h2-13H2,1H3. The van der Waals surface area contributed by atoms with Gasteiger partial charge < -0.3 is 9.64 Å². The van der Waals surface area contributed by atoms with E-state index in [2.05, 4.69) is 17.9 Å². The number of unbranched alkanes of at least 4 members (excludes halogenated alkanes) is 2. The molecule has 1 aliphatic carbocycles. The largest absolute Gasteiger partial charge is 0.378 e. The third kappa shape index (κ3) is 3.87. The first-order valence-corrected chi connectivity index (χ1v) is 10.2. The summed E-state index contributed by atoms with van der Waals surface area (Å²) in [6.07, 6.45) is 8.15. The summed E-state index contributed by atoms with van der Waals surface area (Å²) in [4.78, 5) is 7.35. The van der Waals surface area contributed by atoms with E-state index in [0.717, 1.165) is 61.3 Å². The number of morpholine rings is 1. The van der Waals surface area contributed by atoms with E-state index >= 15 is 0 Å². The molecule has 24 heavy (non-hydrogen) atoms. The molecule has 1 aliphatic heterocycles. The molecule has 5 heteroatoms. The minimum Gasteiger partial charge on any atom is -0.378 e. The SMILES string of the molecule is CCCCCSc1nc(N2CCOCC2)c2c(c1C#N)CCCC2. The number of rotatable bonds is 6. The van der Waals surface area contributed by atoms with Crippen LogP contribution in [0.3, 0.4) is 0 Å². The Hall–Kier alpha value is -1.25. The highest BCUT2D eigenvalue weighted by Gasteiger charge is 2.25. The van der Waals surface area contributed by atoms with Crippen molar-refractivity contribution in [3.05, 3.63) is 16.7 Å². The second-order valence-electron chi connectivity index (χ2n) is 6.55. The molecule has 0 atom stereocenters. The van der Waals surface area contributed by atoms with Crippen LogP contribution in [0.1, 0.15) is 55.7 Å². The molecule has 130 valence electrons. The van der Waals surface area contributed by atoms with Crippen molar-refractivity contribution < 1.29 is 4.74 Å². The fraction of sp³-hybridized carbons (Fsp3) is 0.684. The Morgan fingerprint density at radius 1 is 1.17 bits per heavy atom. The summed E-state index contributed by atoms with van der Waals surface area (Å²) >= 11 is 1.77. The van der Waals surface area contributed by atoms with Gasteiger partial charge in [0.25, 0.3) is 0 Å². The first-order chi connectivity index (χ1) is 11.8. The monoisotopic (exact) mass is 345 g/mol. The molecule has 0 N–H and O–H groups in total. The van der Waals surface area contributed by atoms with Gasteiger partial charge in [0.15, 0.2) is 0 Å². The first-order valence-electron chi connectivity index (χ1n) is 9.26. The number of anilines is 1. The van der Waals surface area contributed by atoms with E-state index in [9.17, 15) is 5.26 Å². The molecule has 2 heterocycles. The van der Waals surface area contributed by atoms with Crippen LogP contribution in [0, 0.1) is 11.3 Å². The molecule has 2 aliphatic rings. The van der Waals surface area contributed by atoms with Gasteiger partial charge in [0.1, 0.15) is 16.9 Å². The van der Waals surface area contributed by atoms with E-state index < -0.39 is 0 Å². The number of aromatic nitrogens is 1. The van der Waals surface area contributed by atoms with Crippen LogP contribution >= 0.6 is 11.8 Å². The third-order valence-corrected chi connectivity index (χ3v) is 5.93. The molecular formula is C19H27N3OS. The highest BCUT2D eigenvalue weighted by Crippen LogP contribution is 2.36. The molecule has 1 fully saturated rings. The average molecular weight is 346 g/mol. The van der Waals surface area contributed by atoms with Crippen molar-refractivity contribution in [3.8, 4) is 6.07 Å². The Morgan fingerprint density at radius 3 is 2.62 bits per heavy atom. The van der Waals surface area contributed by atoms with Crippen LogP contribution < -0.4 is 4.90 Å². The Labute approximate surface area is 149 Å². The van der Waals surface area contributed by atoms with Crippen molar-refractivity contribution in [1.29, 1.82) is 5.26 Å². The van der Waals surface area contributed by atoms with Gasteiger partial charge in [-0.15, -0.1) is 11.8 Å². The van der Waals surface area contributed by atoms with Crippen LogP contribution in [-0.4, -0.2) is 37.0 Å². The Bertz CT molecular complexity index is 606. The highest BCUT2D eigenvalue weighted by molar-refractivity contribution is 7.99. The van der Waals surface area contributed by atoms with E-state index in [-0.39, 0.29) is 0 Å². The summed E-state index contributed by atoms with van der Waals surface area (Å²) in [5.74, 6) is 2.18. The molecule has 0 bridgehead atoms. The van der Waals surface area contributed by atoms with Crippen molar-refractivity contribution in [1.82, 2.24) is 4.98 Å². The molecule has 0 aromatic carbocycles. The van der Waals surface area contributed by atoms with Crippen LogP contribution in [-0.2, 0) is 17.6 Å². The fourth-order valence-corrected chi connectivity index (χ4v) is 4.56. The molecule has 0 unspecified atom stereocenters. The van der Waals surface area contributed by atoms with Crippen LogP contribution in [0.4, 0.5) is 5.82 Å². The minimum absolute atomic E-state index is 0.773. The van der Waals surface area contributed by atoms with Crippen molar-refractivity contribution in [3.63, 3.8) is 0 Å². The van der Waals surface area contributed by atoms with E-state index in [1.807, 2.05) is 0 Å². The van der Waals surface area contributed by atoms with Crippen molar-refractivity contribution in [2.75, 3.05) is 37.0 Å². The number of nitrogens with zero attached hydrogens (tertiary/aromatic N) is 3. The van der Waals surface area contributed by atoms with Crippen LogP contribution in [0.5, 0.6) is 0 Å². The number of nitriles is 1. The lowest BCUT2D eigenvalue weighted by Gasteiger charge is -2.32. The summed E-state index contributed by atoms with van der Waals surface area (Å²) in [5.41, 5.74) is 3.46. The fourth-order valence-electron chi connectivity index (χ4n) is 3.55. The van der Waals surface area contributed by atoms with Gasteiger partial charge in [-0.2, -0.15) is 5.26 Å². The molecule has 0 saturated carbocycles. The lowest BCUT2D eigenvalue weighted by atomic mass is 9.89. The number of ether oxygens (including phenoxy) is 1. The van der Waals surface area contributed by atoms with Crippen LogP contribution in [0.15, 0.2) is 5.03 Å².